The molecule has 0 aliphatic heterocycles. The van der Waals surface area contributed by atoms with Gasteiger partial charge in [-0.15, -0.1) is 0 Å². The molecule has 0 radical (unpaired) electrons. The fourth-order valence-electron chi connectivity index (χ4n) is 4.73. The molecule has 0 aromatic carbocycles. The lowest BCUT2D eigenvalue weighted by Crippen LogP contribution is -2.37. The number of phosphoric ester groups is 1. The number of quaternary nitrogens is 1. The maximum atomic E-state index is 12.6. The normalized spacial score (nSPS) is 14.2. The molecular formula is C38H70NO8P. The second-order valence-corrected chi connectivity index (χ2v) is 15.0. The molecule has 0 heterocycles. The van der Waals surface area contributed by atoms with E-state index in [0.717, 1.165) is 64.2 Å². The van der Waals surface area contributed by atoms with E-state index in [2.05, 4.69) is 50.3 Å². The van der Waals surface area contributed by atoms with Crippen LogP contribution in [0.3, 0.4) is 0 Å². The fourth-order valence-corrected chi connectivity index (χ4v) is 5.45. The van der Waals surface area contributed by atoms with Gasteiger partial charge in [0.2, 0.25) is 0 Å². The van der Waals surface area contributed by atoms with Crippen LogP contribution in [0.4, 0.5) is 0 Å². The Hall–Kier alpha value is -1.77. The van der Waals surface area contributed by atoms with E-state index in [4.69, 9.17) is 18.5 Å². The molecule has 0 bridgehead atoms. The minimum absolute atomic E-state index is 0.0331. The Bertz CT molecular complexity index is 928. The van der Waals surface area contributed by atoms with Crippen LogP contribution in [-0.4, -0.2) is 70.0 Å². The molecule has 0 aromatic heterocycles. The second kappa shape index (κ2) is 31.2. The molecule has 10 heteroatoms. The van der Waals surface area contributed by atoms with Gasteiger partial charge in [0.05, 0.1) is 27.7 Å². The van der Waals surface area contributed by atoms with E-state index in [9.17, 15) is 19.0 Å². The van der Waals surface area contributed by atoms with Crippen molar-refractivity contribution >= 4 is 19.8 Å². The van der Waals surface area contributed by atoms with Crippen LogP contribution in [0.25, 0.3) is 0 Å². The predicted octanol–water partition coefficient (Wildman–Crippen LogP) is 9.16. The number of nitrogens with zero attached hydrogens (tertiary/aromatic N) is 1. The van der Waals surface area contributed by atoms with Gasteiger partial charge < -0.3 is 27.9 Å². The highest BCUT2D eigenvalue weighted by Crippen LogP contribution is 2.38. The smallest absolute Gasteiger partial charge is 0.306 e. The molecule has 0 saturated heterocycles. The standard InChI is InChI=1S/C38H70NO8P/c1-6-8-10-12-14-15-16-17-18-19-20-21-22-23-25-27-29-31-38(41)47-36(35-46-48(42,43)45-33-32-39(3,4)5)34-44-37(40)30-28-26-24-13-11-9-7-2/h8,10,14-15,17-18,36H,6-7,9,11-13,16,19-35H2,1-5H3/b10-8-,15-14-,18-17-. The van der Waals surface area contributed by atoms with Crippen molar-refractivity contribution in [1.82, 2.24) is 0 Å². The molecule has 0 rings (SSSR count). The van der Waals surface area contributed by atoms with Gasteiger partial charge in [-0.1, -0.05) is 121 Å². The number of rotatable bonds is 33. The van der Waals surface area contributed by atoms with Crippen LogP contribution in [-0.2, 0) is 32.7 Å². The highest BCUT2D eigenvalue weighted by molar-refractivity contribution is 7.45. The van der Waals surface area contributed by atoms with Gasteiger partial charge in [0.25, 0.3) is 7.82 Å². The Kier molecular flexibility index (Phi) is 30.1. The average molecular weight is 700 g/mol. The number of hydrogen-bond donors (Lipinski definition) is 0. The van der Waals surface area contributed by atoms with Crippen molar-refractivity contribution in [3.8, 4) is 0 Å². The zero-order chi connectivity index (χ0) is 35.8. The molecule has 0 aliphatic carbocycles. The summed E-state index contributed by atoms with van der Waals surface area (Å²) < 4.78 is 33.6. The van der Waals surface area contributed by atoms with Crippen LogP contribution in [0.5, 0.6) is 0 Å². The molecule has 2 atom stereocenters. The van der Waals surface area contributed by atoms with Gasteiger partial charge in [-0.25, -0.2) is 0 Å². The molecule has 48 heavy (non-hydrogen) atoms. The summed E-state index contributed by atoms with van der Waals surface area (Å²) in [6.07, 6.45) is 31.9. The maximum absolute atomic E-state index is 12.6. The van der Waals surface area contributed by atoms with Gasteiger partial charge in [0.15, 0.2) is 6.10 Å². The molecule has 0 saturated carbocycles. The molecule has 0 aromatic rings. The Morgan fingerprint density at radius 1 is 0.667 bits per heavy atom. The Morgan fingerprint density at radius 2 is 1.19 bits per heavy atom. The number of carbonyl (C=O) groups is 2. The number of esters is 2. The highest BCUT2D eigenvalue weighted by atomic mass is 31.2. The van der Waals surface area contributed by atoms with E-state index in [1.165, 1.54) is 44.9 Å². The topological polar surface area (TPSA) is 111 Å². The lowest BCUT2D eigenvalue weighted by atomic mass is 10.1. The Balaban J connectivity index is 4.39. The fraction of sp³-hybridized carbons (Fsp3) is 0.789. The van der Waals surface area contributed by atoms with Crippen LogP contribution in [0.1, 0.15) is 142 Å². The van der Waals surface area contributed by atoms with Crippen molar-refractivity contribution < 1.29 is 42.1 Å². The third-order valence-corrected chi connectivity index (χ3v) is 8.64. The first-order valence-corrected chi connectivity index (χ1v) is 20.2. The molecule has 0 aliphatic rings. The molecule has 0 N–H and O–H groups in total. The van der Waals surface area contributed by atoms with E-state index in [-0.39, 0.29) is 26.1 Å². The summed E-state index contributed by atoms with van der Waals surface area (Å²) in [7, 11) is 1.15. The molecular weight excluding hydrogens is 629 g/mol. The van der Waals surface area contributed by atoms with Gasteiger partial charge in [0, 0.05) is 12.8 Å². The molecule has 0 fully saturated rings. The number of carbonyl (C=O) groups excluding carboxylic acids is 2. The summed E-state index contributed by atoms with van der Waals surface area (Å²) >= 11 is 0. The first-order chi connectivity index (χ1) is 23.0. The summed E-state index contributed by atoms with van der Waals surface area (Å²) in [5, 5.41) is 0. The Labute approximate surface area is 293 Å². The monoisotopic (exact) mass is 699 g/mol. The zero-order valence-corrected chi connectivity index (χ0v) is 32.1. The SMILES string of the molecule is CC/C=C\C/C=C\C/C=C\CCCCCCCCCC(=O)OC(COC(=O)CCCCCCCCC)COP(=O)([O-])OCC[N+](C)(C)C. The first-order valence-electron chi connectivity index (χ1n) is 18.7. The largest absolute Gasteiger partial charge is 0.756 e. The zero-order valence-electron chi connectivity index (χ0n) is 31.2. The van der Waals surface area contributed by atoms with Gasteiger partial charge in [0.1, 0.15) is 19.8 Å². The third kappa shape index (κ3) is 34.1. The van der Waals surface area contributed by atoms with E-state index in [1.54, 1.807) is 0 Å². The van der Waals surface area contributed by atoms with Gasteiger partial charge in [-0.2, -0.15) is 0 Å². The first kappa shape index (κ1) is 46.2. The Morgan fingerprint density at radius 3 is 1.77 bits per heavy atom. The molecule has 0 spiro atoms. The summed E-state index contributed by atoms with van der Waals surface area (Å²) in [4.78, 5) is 37.1. The van der Waals surface area contributed by atoms with E-state index < -0.39 is 32.5 Å². The van der Waals surface area contributed by atoms with Crippen molar-refractivity contribution in [2.45, 2.75) is 148 Å². The summed E-state index contributed by atoms with van der Waals surface area (Å²) in [6, 6.07) is 0. The minimum Gasteiger partial charge on any atom is -0.756 e. The maximum Gasteiger partial charge on any atom is 0.306 e. The lowest BCUT2D eigenvalue weighted by molar-refractivity contribution is -0.870. The quantitative estimate of drug-likeness (QED) is 0.0219. The molecule has 0 amide bonds. The van der Waals surface area contributed by atoms with Crippen molar-refractivity contribution in [3.05, 3.63) is 36.5 Å². The van der Waals surface area contributed by atoms with Crippen LogP contribution in [0.15, 0.2) is 36.5 Å². The number of ether oxygens (including phenoxy) is 2. The van der Waals surface area contributed by atoms with Gasteiger partial charge in [-0.3, -0.25) is 14.2 Å². The number of hydrogen-bond acceptors (Lipinski definition) is 8. The minimum atomic E-state index is -4.61. The number of phosphoric acid groups is 1. The number of unbranched alkanes of at least 4 members (excludes halogenated alkanes) is 13. The predicted molar refractivity (Wildman–Crippen MR) is 194 cm³/mol. The van der Waals surface area contributed by atoms with Crippen molar-refractivity contribution in [3.63, 3.8) is 0 Å². The number of allylic oxidation sites excluding steroid dienone is 6. The summed E-state index contributed by atoms with van der Waals surface area (Å²) in [6.45, 7) is 4.03. The number of likely N-dealkylation sites (N-methyl/N-ethyl adjacent to an activating group) is 1. The van der Waals surface area contributed by atoms with E-state index in [0.29, 0.717) is 17.4 Å². The molecule has 9 nitrogen and oxygen atoms in total. The van der Waals surface area contributed by atoms with Gasteiger partial charge in [-0.05, 0) is 44.9 Å². The van der Waals surface area contributed by atoms with E-state index in [1.807, 2.05) is 21.1 Å². The molecule has 2 unspecified atom stereocenters. The molecule has 280 valence electrons. The van der Waals surface area contributed by atoms with Crippen molar-refractivity contribution in [1.29, 1.82) is 0 Å². The van der Waals surface area contributed by atoms with Crippen LogP contribution in [0, 0.1) is 0 Å². The summed E-state index contributed by atoms with van der Waals surface area (Å²) in [5.74, 6) is -0.856. The second-order valence-electron chi connectivity index (χ2n) is 13.6. The lowest BCUT2D eigenvalue weighted by Gasteiger charge is -2.28. The van der Waals surface area contributed by atoms with Crippen LogP contribution < -0.4 is 4.89 Å². The van der Waals surface area contributed by atoms with E-state index >= 15 is 0 Å². The van der Waals surface area contributed by atoms with Gasteiger partial charge >= 0.3 is 11.9 Å². The summed E-state index contributed by atoms with van der Waals surface area (Å²) in [5.41, 5.74) is 0. The van der Waals surface area contributed by atoms with Crippen molar-refractivity contribution in [2.75, 3.05) is 47.5 Å². The van der Waals surface area contributed by atoms with Crippen molar-refractivity contribution in [2.24, 2.45) is 0 Å². The average Bonchev–Trinajstić information content (AvgIpc) is 3.02. The third-order valence-electron chi connectivity index (χ3n) is 7.67. The van der Waals surface area contributed by atoms with Crippen LogP contribution >= 0.6 is 7.82 Å². The van der Waals surface area contributed by atoms with Crippen LogP contribution in [0.2, 0.25) is 0 Å². The highest BCUT2D eigenvalue weighted by Gasteiger charge is 2.21.